The van der Waals surface area contributed by atoms with Crippen LogP contribution in [0.2, 0.25) is 0 Å². The Morgan fingerprint density at radius 3 is 2.29 bits per heavy atom. The maximum absolute atomic E-state index is 11.9. The van der Waals surface area contributed by atoms with E-state index in [-0.39, 0.29) is 11.2 Å². The van der Waals surface area contributed by atoms with Crippen molar-refractivity contribution in [2.24, 2.45) is 0 Å². The standard InChI is InChI=1S/C13H25N3O/c1-5-8-15-10-11-16(12(15)17)9-6-7-14-13(2,3)4/h10-11,14H,5-9H2,1-4H3. The highest BCUT2D eigenvalue weighted by molar-refractivity contribution is 4.81. The van der Waals surface area contributed by atoms with Gasteiger partial charge < -0.3 is 5.32 Å². The highest BCUT2D eigenvalue weighted by atomic mass is 16.1. The van der Waals surface area contributed by atoms with Crippen LogP contribution in [0.5, 0.6) is 0 Å². The Bertz CT molecular complexity index is 384. The minimum Gasteiger partial charge on any atom is -0.312 e. The van der Waals surface area contributed by atoms with Crippen molar-refractivity contribution < 1.29 is 0 Å². The average molecular weight is 239 g/mol. The zero-order chi connectivity index (χ0) is 12.9. The number of hydrogen-bond donors (Lipinski definition) is 1. The smallest absolute Gasteiger partial charge is 0.312 e. The molecule has 0 bridgehead atoms. The number of imidazole rings is 1. The third-order valence-electron chi connectivity index (χ3n) is 2.61. The van der Waals surface area contributed by atoms with Gasteiger partial charge in [0, 0.05) is 31.0 Å². The molecule has 0 saturated heterocycles. The molecule has 0 amide bonds. The molecule has 0 radical (unpaired) electrons. The summed E-state index contributed by atoms with van der Waals surface area (Å²) in [4.78, 5) is 11.9. The molecular weight excluding hydrogens is 214 g/mol. The summed E-state index contributed by atoms with van der Waals surface area (Å²) >= 11 is 0. The Balaban J connectivity index is 2.40. The number of aromatic nitrogens is 2. The van der Waals surface area contributed by atoms with E-state index in [0.717, 1.165) is 32.5 Å². The second kappa shape index (κ2) is 6.05. The van der Waals surface area contributed by atoms with E-state index in [2.05, 4.69) is 33.0 Å². The van der Waals surface area contributed by atoms with Crippen LogP contribution in [0.25, 0.3) is 0 Å². The minimum atomic E-state index is 0.114. The minimum absolute atomic E-state index is 0.114. The van der Waals surface area contributed by atoms with Gasteiger partial charge in [-0.2, -0.15) is 0 Å². The summed E-state index contributed by atoms with van der Waals surface area (Å²) in [5, 5.41) is 3.42. The van der Waals surface area contributed by atoms with Gasteiger partial charge in [0.25, 0.3) is 0 Å². The maximum Gasteiger partial charge on any atom is 0.328 e. The van der Waals surface area contributed by atoms with Gasteiger partial charge >= 0.3 is 5.69 Å². The van der Waals surface area contributed by atoms with Gasteiger partial charge in [-0.1, -0.05) is 6.92 Å². The van der Waals surface area contributed by atoms with Crippen LogP contribution >= 0.6 is 0 Å². The van der Waals surface area contributed by atoms with Gasteiger partial charge in [0.15, 0.2) is 0 Å². The monoisotopic (exact) mass is 239 g/mol. The Morgan fingerprint density at radius 1 is 1.18 bits per heavy atom. The molecule has 0 aliphatic carbocycles. The zero-order valence-electron chi connectivity index (χ0n) is 11.5. The first kappa shape index (κ1) is 14.0. The molecule has 0 atom stereocenters. The molecule has 1 rings (SSSR count). The van der Waals surface area contributed by atoms with Crippen molar-refractivity contribution in [2.45, 2.75) is 59.2 Å². The molecule has 0 aliphatic heterocycles. The summed E-state index contributed by atoms with van der Waals surface area (Å²) in [6.07, 6.45) is 5.74. The molecule has 1 heterocycles. The van der Waals surface area contributed by atoms with E-state index in [4.69, 9.17) is 0 Å². The Hall–Kier alpha value is -1.03. The van der Waals surface area contributed by atoms with Gasteiger partial charge in [-0.3, -0.25) is 9.13 Å². The first-order chi connectivity index (χ1) is 7.94. The second-order valence-corrected chi connectivity index (χ2v) is 5.50. The van der Waals surface area contributed by atoms with Crippen molar-refractivity contribution >= 4 is 0 Å². The van der Waals surface area contributed by atoms with Crippen LogP contribution in [0.4, 0.5) is 0 Å². The fourth-order valence-electron chi connectivity index (χ4n) is 1.75. The Labute approximate surface area is 104 Å². The van der Waals surface area contributed by atoms with Gasteiger partial charge in [-0.15, -0.1) is 0 Å². The van der Waals surface area contributed by atoms with E-state index in [1.165, 1.54) is 0 Å². The number of rotatable bonds is 6. The Kier molecular flexibility index (Phi) is 5.00. The van der Waals surface area contributed by atoms with Crippen molar-refractivity contribution in [2.75, 3.05) is 6.54 Å². The highest BCUT2D eigenvalue weighted by Gasteiger charge is 2.07. The molecule has 0 aromatic carbocycles. The van der Waals surface area contributed by atoms with E-state index >= 15 is 0 Å². The third-order valence-corrected chi connectivity index (χ3v) is 2.61. The van der Waals surface area contributed by atoms with Gasteiger partial charge in [-0.05, 0) is 40.2 Å². The van der Waals surface area contributed by atoms with E-state index in [1.54, 1.807) is 9.13 Å². The van der Waals surface area contributed by atoms with Gasteiger partial charge in [0.2, 0.25) is 0 Å². The summed E-state index contributed by atoms with van der Waals surface area (Å²) in [7, 11) is 0. The summed E-state index contributed by atoms with van der Waals surface area (Å²) in [5.74, 6) is 0. The quantitative estimate of drug-likeness (QED) is 0.769. The first-order valence-corrected chi connectivity index (χ1v) is 6.44. The fraction of sp³-hybridized carbons (Fsp3) is 0.769. The third kappa shape index (κ3) is 4.77. The predicted molar refractivity (Wildman–Crippen MR) is 71.4 cm³/mol. The van der Waals surface area contributed by atoms with Crippen LogP contribution in [0.1, 0.15) is 40.5 Å². The molecule has 1 aromatic heterocycles. The lowest BCUT2D eigenvalue weighted by Gasteiger charge is -2.20. The molecule has 0 aliphatic rings. The van der Waals surface area contributed by atoms with E-state index in [9.17, 15) is 4.79 Å². The van der Waals surface area contributed by atoms with Crippen molar-refractivity contribution in [3.63, 3.8) is 0 Å². The molecule has 4 heteroatoms. The lowest BCUT2D eigenvalue weighted by atomic mass is 10.1. The van der Waals surface area contributed by atoms with E-state index < -0.39 is 0 Å². The summed E-state index contributed by atoms with van der Waals surface area (Å²) in [6, 6.07) is 0. The molecule has 0 unspecified atom stereocenters. The molecule has 17 heavy (non-hydrogen) atoms. The number of aryl methyl sites for hydroxylation is 2. The molecule has 0 fully saturated rings. The van der Waals surface area contributed by atoms with Gasteiger partial charge in [0.05, 0.1) is 0 Å². The summed E-state index contributed by atoms with van der Waals surface area (Å²) in [6.45, 7) is 11.1. The second-order valence-electron chi connectivity index (χ2n) is 5.50. The van der Waals surface area contributed by atoms with Gasteiger partial charge in [-0.25, -0.2) is 4.79 Å². The molecule has 4 nitrogen and oxygen atoms in total. The average Bonchev–Trinajstić information content (AvgIpc) is 2.55. The van der Waals surface area contributed by atoms with Crippen molar-refractivity contribution in [3.05, 3.63) is 22.9 Å². The van der Waals surface area contributed by atoms with E-state index in [1.807, 2.05) is 12.4 Å². The zero-order valence-corrected chi connectivity index (χ0v) is 11.5. The molecule has 0 saturated carbocycles. The Morgan fingerprint density at radius 2 is 1.76 bits per heavy atom. The molecule has 0 spiro atoms. The van der Waals surface area contributed by atoms with Crippen LogP contribution in [0.3, 0.4) is 0 Å². The fourth-order valence-corrected chi connectivity index (χ4v) is 1.75. The van der Waals surface area contributed by atoms with Crippen molar-refractivity contribution in [3.8, 4) is 0 Å². The molecular formula is C13H25N3O. The molecule has 1 aromatic rings. The van der Waals surface area contributed by atoms with Crippen molar-refractivity contribution in [1.29, 1.82) is 0 Å². The van der Waals surface area contributed by atoms with Gasteiger partial charge in [0.1, 0.15) is 0 Å². The van der Waals surface area contributed by atoms with Crippen LogP contribution in [-0.4, -0.2) is 21.2 Å². The largest absolute Gasteiger partial charge is 0.328 e. The maximum atomic E-state index is 11.9. The van der Waals surface area contributed by atoms with Crippen LogP contribution < -0.4 is 11.0 Å². The molecule has 98 valence electrons. The lowest BCUT2D eigenvalue weighted by Crippen LogP contribution is -2.37. The predicted octanol–water partition coefficient (Wildman–Crippen LogP) is 1.84. The van der Waals surface area contributed by atoms with Crippen LogP contribution in [-0.2, 0) is 13.1 Å². The lowest BCUT2D eigenvalue weighted by molar-refractivity contribution is 0.412. The highest BCUT2D eigenvalue weighted by Crippen LogP contribution is 1.98. The topological polar surface area (TPSA) is 39.0 Å². The molecule has 1 N–H and O–H groups in total. The SMILES string of the molecule is CCCn1ccn(CCCNC(C)(C)C)c1=O. The first-order valence-electron chi connectivity index (χ1n) is 6.44. The normalized spacial score (nSPS) is 12.0. The number of nitrogens with zero attached hydrogens (tertiary/aromatic N) is 2. The van der Waals surface area contributed by atoms with Crippen LogP contribution in [0, 0.1) is 0 Å². The van der Waals surface area contributed by atoms with E-state index in [0.29, 0.717) is 0 Å². The van der Waals surface area contributed by atoms with Crippen LogP contribution in [0.15, 0.2) is 17.2 Å². The number of hydrogen-bond acceptors (Lipinski definition) is 2. The number of nitrogens with one attached hydrogen (secondary N) is 1. The summed E-state index contributed by atoms with van der Waals surface area (Å²) in [5.41, 5.74) is 0.265. The van der Waals surface area contributed by atoms with Crippen molar-refractivity contribution in [1.82, 2.24) is 14.5 Å². The summed E-state index contributed by atoms with van der Waals surface area (Å²) < 4.78 is 3.57.